The number of rotatable bonds is 6. The summed E-state index contributed by atoms with van der Waals surface area (Å²) in [6, 6.07) is 50.9. The summed E-state index contributed by atoms with van der Waals surface area (Å²) >= 11 is 6.74. The summed E-state index contributed by atoms with van der Waals surface area (Å²) in [5.41, 5.74) is 22.0. The van der Waals surface area contributed by atoms with Gasteiger partial charge in [-0.05, 0) is 297 Å². The van der Waals surface area contributed by atoms with Gasteiger partial charge in [0.05, 0.1) is 108 Å². The van der Waals surface area contributed by atoms with E-state index < -0.39 is 44.6 Å². The summed E-state index contributed by atoms with van der Waals surface area (Å²) in [5.74, 6) is 3.60. The lowest BCUT2D eigenvalue weighted by Gasteiger charge is -2.46. The van der Waals surface area contributed by atoms with Gasteiger partial charge >= 0.3 is 0 Å². The largest absolute Gasteiger partial charge is 0.507 e. The number of phenols is 1. The number of ether oxygens (including phenoxy) is 9. The van der Waals surface area contributed by atoms with E-state index in [0.29, 0.717) is 110 Å². The van der Waals surface area contributed by atoms with Gasteiger partial charge in [0.25, 0.3) is 0 Å². The number of aryl methyl sites for hydroxylation is 5. The maximum atomic E-state index is 12.8. The van der Waals surface area contributed by atoms with Crippen molar-refractivity contribution in [2.75, 3.05) is 80.2 Å². The van der Waals surface area contributed by atoms with Gasteiger partial charge in [0.2, 0.25) is 17.9 Å². The van der Waals surface area contributed by atoms with Gasteiger partial charge in [0.1, 0.15) is 57.8 Å². The highest BCUT2D eigenvalue weighted by molar-refractivity contribution is 9.10. The molecule has 0 bridgehead atoms. The number of aromatic hydroxyl groups is 1. The van der Waals surface area contributed by atoms with Gasteiger partial charge in [-0.2, -0.15) is 26.0 Å². The Morgan fingerprint density at radius 1 is 0.522 bits per heavy atom. The molecule has 5 atom stereocenters. The zero-order chi connectivity index (χ0) is 98.2. The average molecular weight is 2040 g/mol. The fourth-order valence-electron chi connectivity index (χ4n) is 17.0. The van der Waals surface area contributed by atoms with E-state index in [2.05, 4.69) is 116 Å². The van der Waals surface area contributed by atoms with Crippen LogP contribution in [0, 0.1) is 80.1 Å². The lowest BCUT2D eigenvalue weighted by Crippen LogP contribution is -2.53. The van der Waals surface area contributed by atoms with Crippen molar-refractivity contribution >= 4 is 102 Å². The third kappa shape index (κ3) is 28.6. The van der Waals surface area contributed by atoms with E-state index in [1.807, 2.05) is 152 Å². The smallest absolute Gasteiger partial charge is 0.222 e. The number of nitriles is 4. The maximum absolute atomic E-state index is 12.8. The second kappa shape index (κ2) is 48.9. The predicted molar refractivity (Wildman–Crippen MR) is 540 cm³/mol. The molecule has 8 aromatic carbocycles. The van der Waals surface area contributed by atoms with Gasteiger partial charge in [-0.1, -0.05) is 82.1 Å². The minimum atomic E-state index is -1.31. The van der Waals surface area contributed by atoms with Crippen molar-refractivity contribution in [2.45, 2.75) is 213 Å². The molecule has 32 heteroatoms. The van der Waals surface area contributed by atoms with E-state index >= 15 is 0 Å². The molecule has 5 unspecified atom stereocenters. The summed E-state index contributed by atoms with van der Waals surface area (Å²) in [6.07, 6.45) is 12.7. The van der Waals surface area contributed by atoms with Crippen molar-refractivity contribution in [1.82, 2.24) is 10.5 Å². The third-order valence-corrected chi connectivity index (χ3v) is 26.7. The number of ketones is 4. The number of aliphatic imine (C=N–C) groups is 2. The molecule has 0 aromatic heterocycles. The number of nitrogens with one attached hydrogen (secondary N) is 1. The fourth-order valence-corrected chi connectivity index (χ4v) is 18.5. The van der Waals surface area contributed by atoms with Crippen molar-refractivity contribution in [2.24, 2.45) is 25.0 Å². The first-order valence-corrected chi connectivity index (χ1v) is 54.0. The van der Waals surface area contributed by atoms with E-state index in [-0.39, 0.29) is 41.3 Å². The van der Waals surface area contributed by atoms with E-state index in [1.54, 1.807) is 42.9 Å². The maximum Gasteiger partial charge on any atom is 0.222 e. The highest BCUT2D eigenvalue weighted by atomic mass is 79.9. The molecule has 136 heavy (non-hydrogen) atoms. The first-order chi connectivity index (χ1) is 64.3. The van der Waals surface area contributed by atoms with Crippen molar-refractivity contribution < 1.29 is 77.0 Å². The number of hydroxylamine groups is 3. The summed E-state index contributed by atoms with van der Waals surface area (Å²) in [7, 11) is 0.563. The molecular formula is C104H124Br2ClN11O16Si2. The van der Waals surface area contributed by atoms with Crippen LogP contribution in [0.2, 0.25) is 39.3 Å². The number of nitrogens with zero attached hydrogens (tertiary/aromatic N) is 9. The zero-order valence-electron chi connectivity index (χ0n) is 80.5. The summed E-state index contributed by atoms with van der Waals surface area (Å²) in [6.45, 7) is 34.6. The number of halogens is 3. The second-order valence-corrected chi connectivity index (χ2v) is 47.6. The van der Waals surface area contributed by atoms with Crippen LogP contribution >= 0.6 is 44.3 Å². The number of hydrogen-bond donors (Lipinski definition) is 4. The van der Waals surface area contributed by atoms with Crippen LogP contribution in [-0.4, -0.2) is 175 Å². The predicted octanol–water partition coefficient (Wildman–Crippen LogP) is 21.6. The van der Waals surface area contributed by atoms with Crippen LogP contribution in [0.1, 0.15) is 197 Å². The van der Waals surface area contributed by atoms with Gasteiger partial charge < -0.3 is 58.7 Å². The number of carbonyl (C=O) groups excluding carboxylic acids is 4. The number of fused-ring (bicyclic) bond motifs is 5. The molecule has 5 fully saturated rings. The van der Waals surface area contributed by atoms with Crippen LogP contribution in [0.15, 0.2) is 162 Å². The number of carbonyl (C=O) groups is 4. The number of hydrogen-bond acceptors (Lipinski definition) is 27. The SMILES string of the molecule is CC.CC(=O)c1cc(Br)c(C)cc1O.CNO.C[Si](C)(C)N=C=N[Si](C)(C)C.Cc1cc2c(cc1-c1cccc(C#N)c1)C(=NC#N)CC1(CCCOC1)O2.Cc1cc2c(cc1-c1cccc(C#N)c1)C(=O)CC1(CCCOC1)O2.Cc1cc2c(cc1-c1cccc(C#N)c1)C1(CC3(CCCOC3)O2)N=C(N)N(C)O1.Cc1cc2c(cc1Br)C(=O)CC1(CCCOC1)O2.Cl.O=C1CCCOC1. The van der Waals surface area contributed by atoms with Crippen molar-refractivity contribution in [3.05, 3.63) is 215 Å². The van der Waals surface area contributed by atoms with E-state index in [0.717, 1.165) is 196 Å². The topological polar surface area (TPSA) is 387 Å². The molecule has 5 spiro atoms. The molecule has 5 N–H and O–H groups in total. The monoisotopic (exact) mass is 2030 g/mol. The van der Waals surface area contributed by atoms with Gasteiger partial charge in [-0.15, -0.1) is 12.4 Å². The molecule has 10 aliphatic rings. The van der Waals surface area contributed by atoms with E-state index in [1.165, 1.54) is 19.0 Å². The Hall–Kier alpha value is -10.9. The molecule has 8 aromatic rings. The summed E-state index contributed by atoms with van der Waals surface area (Å²) in [4.78, 5) is 61.5. The number of Topliss-reactive ketones (excluding diaryl/α,β-unsaturated/α-hetero) is 4. The Labute approximate surface area is 823 Å². The van der Waals surface area contributed by atoms with Crippen molar-refractivity contribution in [3.63, 3.8) is 0 Å². The lowest BCUT2D eigenvalue weighted by atomic mass is 9.80. The normalized spacial score (nSPS) is 21.4. The molecule has 720 valence electrons. The number of guanidine groups is 1. The highest BCUT2D eigenvalue weighted by Gasteiger charge is 2.56. The molecule has 0 aliphatic carbocycles. The minimum absolute atomic E-state index is 0. The molecule has 10 heterocycles. The van der Waals surface area contributed by atoms with Gasteiger partial charge in [-0.25, -0.2) is 20.4 Å². The highest BCUT2D eigenvalue weighted by Crippen LogP contribution is 2.54. The fraction of sp³-hybridized carbons (Fsp3) is 0.433. The van der Waals surface area contributed by atoms with Crippen LogP contribution in [0.4, 0.5) is 0 Å². The molecule has 0 saturated carbocycles. The number of benzene rings is 8. The molecular weight excluding hydrogens is 1910 g/mol. The Morgan fingerprint density at radius 3 is 1.30 bits per heavy atom. The Bertz CT molecular complexity index is 5930. The Balaban J connectivity index is 0.000000183. The first-order valence-electron chi connectivity index (χ1n) is 45.5. The molecule has 10 aliphatic heterocycles. The molecule has 27 nitrogen and oxygen atoms in total. The van der Waals surface area contributed by atoms with Crippen molar-refractivity contribution in [3.8, 4) is 86.5 Å². The second-order valence-electron chi connectivity index (χ2n) is 36.7. The van der Waals surface area contributed by atoms with Gasteiger partial charge in [0.15, 0.2) is 39.6 Å². The van der Waals surface area contributed by atoms with Crippen molar-refractivity contribution in [1.29, 1.82) is 21.0 Å². The molecule has 18 rings (SSSR count). The van der Waals surface area contributed by atoms with E-state index in [4.69, 9.17) is 68.7 Å². The Kier molecular flexibility index (Phi) is 39.1. The van der Waals surface area contributed by atoms with Crippen LogP contribution < -0.4 is 30.2 Å². The molecule has 0 amide bonds. The quantitative estimate of drug-likeness (QED) is 0.0395. The van der Waals surface area contributed by atoms with Crippen LogP contribution in [0.5, 0.6) is 28.7 Å². The number of phenolic OH excluding ortho intramolecular Hbond substituents is 1. The van der Waals surface area contributed by atoms with Crippen LogP contribution in [0.3, 0.4) is 0 Å². The van der Waals surface area contributed by atoms with Gasteiger partial charge in [0, 0.05) is 80.9 Å². The summed E-state index contributed by atoms with van der Waals surface area (Å²) in [5, 5.41) is 55.0. The van der Waals surface area contributed by atoms with Gasteiger partial charge in [-0.3, -0.25) is 28.5 Å². The average Bonchev–Trinajstić information content (AvgIpc) is 1.51. The Morgan fingerprint density at radius 2 is 0.912 bits per heavy atom. The zero-order valence-corrected chi connectivity index (χ0v) is 86.5. The van der Waals surface area contributed by atoms with E-state index in [9.17, 15) is 40.1 Å². The molecule has 0 radical (unpaired) electrons. The lowest BCUT2D eigenvalue weighted by molar-refractivity contribution is -0.216. The van der Waals surface area contributed by atoms with Crippen LogP contribution in [0.25, 0.3) is 33.4 Å². The minimum Gasteiger partial charge on any atom is -0.507 e. The standard InChI is InChI=1S/C23H24N4O3.C22H19N3O2.C21H19NO3.C14H15BrO3.C9H9BrO2.C7H18N2Si2.C5H8O2.C2H6.CH5NO.ClH/c1-15-9-20-19(11-18(15)17-6-3-5-16(10-17)12-24)23(26-21(25)27(2)30-23)13-22(29-20)7-4-8-28-14-22;1-15-8-21-19(10-18(15)17-5-2-4-16(9-17)12-23)20(25-14-24)11-22(27-21)6-3-7-26-13-22;1-14-8-20-18(10-17(14)16-5-2-4-15(9-16)12-22)19(23)11-21(25-20)6-3-7-24-13-21;1-9-5-13-10(6-11(9)15)12(16)7-14(18-13)3-2-4-17-8-14;1-5-3-9(12)7(6(2)11)4-8(5)10;1-10(2,3)8-7-9-11(4,5)6;6-5-2-1-3-7-4-5;1-2;1-2-3;/h3,5-6,9-11H,4,7-8,13-14H2,1-2H3,(H2,25,26);2,4-5,8-10H,3,6-7,11,13H2,1H3;2,4-5,8-10H,3,6-7,11,13H2,1H3;5-6H,2-4,7-8H2,1H3;3-4,12H,1-2H3;1-6H3;1-4H2;1-2H3;2-3H,1H3;1H. The first kappa shape index (κ1) is 109. The molecule has 5 saturated heterocycles. The number of nitrogens with two attached hydrogens (primary N) is 1. The summed E-state index contributed by atoms with van der Waals surface area (Å²) < 4.78 is 63.0. The third-order valence-electron chi connectivity index (χ3n) is 23.5. The van der Waals surface area contributed by atoms with Crippen LogP contribution in [-0.2, 0) is 39.0 Å².